The van der Waals surface area contributed by atoms with Crippen LogP contribution in [0.25, 0.3) is 0 Å². The van der Waals surface area contributed by atoms with E-state index in [1.165, 1.54) is 0 Å². The minimum atomic E-state index is -0.0270. The molecule has 0 aliphatic carbocycles. The van der Waals surface area contributed by atoms with Crippen molar-refractivity contribution in [1.29, 1.82) is 0 Å². The number of carbonyl (C=O) groups excluding carboxylic acids is 1. The summed E-state index contributed by atoms with van der Waals surface area (Å²) in [6, 6.07) is 0.137. The second-order valence-electron chi connectivity index (χ2n) is 4.96. The molecule has 2 aliphatic rings. The van der Waals surface area contributed by atoms with Gasteiger partial charge in [0.15, 0.2) is 0 Å². The molecule has 4 nitrogen and oxygen atoms in total. The van der Waals surface area contributed by atoms with E-state index in [-0.39, 0.29) is 11.9 Å². The normalized spacial score (nSPS) is 24.4. The number of rotatable bonds is 4. The fourth-order valence-corrected chi connectivity index (χ4v) is 2.35. The Balaban J connectivity index is 1.82. The molecule has 2 heterocycles. The van der Waals surface area contributed by atoms with Crippen LogP contribution in [0.1, 0.15) is 13.8 Å². The Hall–Kier alpha value is -0.870. The molecule has 0 saturated carbocycles. The van der Waals surface area contributed by atoms with E-state index in [9.17, 15) is 4.79 Å². The number of hydrogen-bond donors (Lipinski definition) is 1. The van der Waals surface area contributed by atoms with Crippen LogP contribution in [0.2, 0.25) is 0 Å². The van der Waals surface area contributed by atoms with Crippen LogP contribution in [0, 0.1) is 5.41 Å². The highest BCUT2D eigenvalue weighted by Gasteiger charge is 2.50. The highest BCUT2D eigenvalue weighted by Crippen LogP contribution is 2.39. The zero-order valence-corrected chi connectivity index (χ0v) is 10.1. The Labute approximate surface area is 96.6 Å². The minimum absolute atomic E-state index is 0.0270. The molecule has 90 valence electrons. The number of hydrogen-bond acceptors (Lipinski definition) is 3. The number of likely N-dealkylation sites (tertiary alicyclic amines) is 1. The van der Waals surface area contributed by atoms with Crippen LogP contribution in [0.5, 0.6) is 0 Å². The van der Waals surface area contributed by atoms with Gasteiger partial charge in [0.2, 0.25) is 5.91 Å². The first kappa shape index (κ1) is 11.6. The second-order valence-corrected chi connectivity index (χ2v) is 4.96. The van der Waals surface area contributed by atoms with Gasteiger partial charge in [-0.15, -0.1) is 0 Å². The summed E-state index contributed by atoms with van der Waals surface area (Å²) in [6.45, 7) is 12.3. The average molecular weight is 224 g/mol. The summed E-state index contributed by atoms with van der Waals surface area (Å²) in [5, 5.41) is 2.79. The van der Waals surface area contributed by atoms with E-state index >= 15 is 0 Å². The molecule has 0 aromatic heterocycles. The maximum absolute atomic E-state index is 11.6. The van der Waals surface area contributed by atoms with E-state index in [0.717, 1.165) is 26.3 Å². The molecule has 0 bridgehead atoms. The van der Waals surface area contributed by atoms with Gasteiger partial charge in [-0.3, -0.25) is 9.69 Å². The number of nitrogens with one attached hydrogen (secondary N) is 1. The largest absolute Gasteiger partial charge is 0.380 e. The van der Waals surface area contributed by atoms with E-state index in [1.54, 1.807) is 0 Å². The number of carbonyl (C=O) groups is 1. The number of ether oxygens (including phenoxy) is 1. The van der Waals surface area contributed by atoms with Crippen LogP contribution in [0.3, 0.4) is 0 Å². The van der Waals surface area contributed by atoms with Gasteiger partial charge in [-0.2, -0.15) is 0 Å². The molecular weight excluding hydrogens is 204 g/mol. The van der Waals surface area contributed by atoms with Gasteiger partial charge in [0, 0.05) is 36.7 Å². The number of amides is 1. The van der Waals surface area contributed by atoms with Gasteiger partial charge in [-0.05, 0) is 13.8 Å². The first-order chi connectivity index (χ1) is 7.58. The van der Waals surface area contributed by atoms with Crippen molar-refractivity contribution in [2.45, 2.75) is 19.9 Å². The molecular formula is C12H20N2O2. The van der Waals surface area contributed by atoms with E-state index in [4.69, 9.17) is 4.74 Å². The summed E-state index contributed by atoms with van der Waals surface area (Å²) in [5.74, 6) is -0.0270. The van der Waals surface area contributed by atoms with Crippen LogP contribution < -0.4 is 5.32 Å². The van der Waals surface area contributed by atoms with Gasteiger partial charge in [0.1, 0.15) is 0 Å². The standard InChI is InChI=1S/C12H20N2O2/c1-4-13-11(15)9(2)10(3)14-5-12(6-14)7-16-8-12/h10H,2,4-8H2,1,3H3,(H,13,15). The molecule has 16 heavy (non-hydrogen) atoms. The Morgan fingerprint density at radius 1 is 1.56 bits per heavy atom. The summed E-state index contributed by atoms with van der Waals surface area (Å²) < 4.78 is 5.23. The zero-order valence-electron chi connectivity index (χ0n) is 10.1. The molecule has 2 saturated heterocycles. The van der Waals surface area contributed by atoms with E-state index < -0.39 is 0 Å². The molecule has 0 aromatic carbocycles. The smallest absolute Gasteiger partial charge is 0.248 e. The van der Waals surface area contributed by atoms with Gasteiger partial charge in [-0.25, -0.2) is 0 Å². The molecule has 2 rings (SSSR count). The van der Waals surface area contributed by atoms with Gasteiger partial charge in [-0.1, -0.05) is 6.58 Å². The highest BCUT2D eigenvalue weighted by molar-refractivity contribution is 5.93. The maximum Gasteiger partial charge on any atom is 0.248 e. The maximum atomic E-state index is 11.6. The Morgan fingerprint density at radius 3 is 2.62 bits per heavy atom. The van der Waals surface area contributed by atoms with Gasteiger partial charge in [0.05, 0.1) is 13.2 Å². The summed E-state index contributed by atoms with van der Waals surface area (Å²) in [5.41, 5.74) is 1.06. The third-order valence-electron chi connectivity index (χ3n) is 3.57. The van der Waals surface area contributed by atoms with Crippen molar-refractivity contribution < 1.29 is 9.53 Å². The molecule has 1 atom stereocenters. The SMILES string of the molecule is C=C(C(=O)NCC)C(C)N1CC2(COC2)C1. The predicted molar refractivity (Wildman–Crippen MR) is 62.1 cm³/mol. The first-order valence-corrected chi connectivity index (χ1v) is 5.87. The van der Waals surface area contributed by atoms with E-state index in [0.29, 0.717) is 17.5 Å². The van der Waals surface area contributed by atoms with E-state index in [2.05, 4.69) is 16.8 Å². The molecule has 1 N–H and O–H groups in total. The quantitative estimate of drug-likeness (QED) is 0.703. The molecule has 1 spiro atoms. The van der Waals surface area contributed by atoms with Crippen LogP contribution in [0.4, 0.5) is 0 Å². The Kier molecular flexibility index (Phi) is 3.04. The monoisotopic (exact) mass is 224 g/mol. The fourth-order valence-electron chi connectivity index (χ4n) is 2.35. The van der Waals surface area contributed by atoms with Gasteiger partial charge < -0.3 is 10.1 Å². The lowest BCUT2D eigenvalue weighted by Gasteiger charge is -2.57. The van der Waals surface area contributed by atoms with Crippen molar-refractivity contribution in [2.75, 3.05) is 32.8 Å². The van der Waals surface area contributed by atoms with Gasteiger partial charge >= 0.3 is 0 Å². The predicted octanol–water partition coefficient (Wildman–Crippen LogP) is 0.399. The van der Waals surface area contributed by atoms with Gasteiger partial charge in [0.25, 0.3) is 0 Å². The summed E-state index contributed by atoms with van der Waals surface area (Å²) in [7, 11) is 0. The van der Waals surface area contributed by atoms with Crippen LogP contribution in [0.15, 0.2) is 12.2 Å². The van der Waals surface area contributed by atoms with Crippen molar-refractivity contribution in [3.63, 3.8) is 0 Å². The van der Waals surface area contributed by atoms with Crippen molar-refractivity contribution in [1.82, 2.24) is 10.2 Å². The average Bonchev–Trinajstić information content (AvgIpc) is 2.12. The minimum Gasteiger partial charge on any atom is -0.380 e. The number of nitrogens with zero attached hydrogens (tertiary/aromatic N) is 1. The summed E-state index contributed by atoms with van der Waals surface area (Å²) in [6.07, 6.45) is 0. The van der Waals surface area contributed by atoms with Crippen molar-refractivity contribution in [3.05, 3.63) is 12.2 Å². The Morgan fingerprint density at radius 2 is 2.19 bits per heavy atom. The van der Waals surface area contributed by atoms with Crippen molar-refractivity contribution in [3.8, 4) is 0 Å². The summed E-state index contributed by atoms with van der Waals surface area (Å²) >= 11 is 0. The van der Waals surface area contributed by atoms with Crippen molar-refractivity contribution in [2.24, 2.45) is 5.41 Å². The van der Waals surface area contributed by atoms with E-state index in [1.807, 2.05) is 13.8 Å². The molecule has 1 amide bonds. The van der Waals surface area contributed by atoms with Crippen LogP contribution in [-0.2, 0) is 9.53 Å². The lowest BCUT2D eigenvalue weighted by molar-refractivity contribution is -0.194. The molecule has 0 aromatic rings. The molecule has 4 heteroatoms. The lowest BCUT2D eigenvalue weighted by Crippen LogP contribution is -2.68. The second kappa shape index (κ2) is 4.18. The molecule has 0 radical (unpaired) electrons. The summed E-state index contributed by atoms with van der Waals surface area (Å²) in [4.78, 5) is 13.9. The Bertz CT molecular complexity index is 302. The van der Waals surface area contributed by atoms with Crippen LogP contribution in [-0.4, -0.2) is 49.7 Å². The third-order valence-corrected chi connectivity index (χ3v) is 3.57. The zero-order chi connectivity index (χ0) is 11.8. The third kappa shape index (κ3) is 1.87. The molecule has 1 unspecified atom stereocenters. The molecule has 2 aliphatic heterocycles. The first-order valence-electron chi connectivity index (χ1n) is 5.87. The number of likely N-dealkylation sites (N-methyl/N-ethyl adjacent to an activating group) is 1. The topological polar surface area (TPSA) is 41.6 Å². The fraction of sp³-hybridized carbons (Fsp3) is 0.750. The van der Waals surface area contributed by atoms with Crippen molar-refractivity contribution >= 4 is 5.91 Å². The highest BCUT2D eigenvalue weighted by atomic mass is 16.5. The van der Waals surface area contributed by atoms with Crippen LogP contribution >= 0.6 is 0 Å². The lowest BCUT2D eigenvalue weighted by atomic mass is 9.76. The molecule has 2 fully saturated rings.